The van der Waals surface area contributed by atoms with Crippen LogP contribution in [0.3, 0.4) is 0 Å². The molecule has 3 N–H and O–H groups in total. The van der Waals surface area contributed by atoms with E-state index in [2.05, 4.69) is 49.0 Å². The number of nitrogens with two attached hydrogens (primary N) is 1. The van der Waals surface area contributed by atoms with Crippen LogP contribution in [-0.2, 0) is 6.54 Å². The lowest BCUT2D eigenvalue weighted by Crippen LogP contribution is -2.48. The van der Waals surface area contributed by atoms with Crippen molar-refractivity contribution in [2.24, 2.45) is 0 Å². The molecular formula is C15H21BrN6O2. The summed E-state index contributed by atoms with van der Waals surface area (Å²) in [7, 11) is 0. The molecule has 0 spiro atoms. The lowest BCUT2D eigenvalue weighted by Gasteiger charge is -2.33. The smallest absolute Gasteiger partial charge is 0.407 e. The Morgan fingerprint density at radius 2 is 2.04 bits per heavy atom. The van der Waals surface area contributed by atoms with E-state index in [-0.39, 0.29) is 5.92 Å². The number of fused-ring (bicyclic) bond motifs is 1. The molecule has 2 aromatic heterocycles. The molecule has 0 saturated carbocycles. The van der Waals surface area contributed by atoms with E-state index in [0.29, 0.717) is 43.1 Å². The lowest BCUT2D eigenvalue weighted by atomic mass is 10.2. The highest BCUT2D eigenvalue weighted by molar-refractivity contribution is 9.10. The van der Waals surface area contributed by atoms with Crippen LogP contribution < -0.4 is 5.73 Å². The van der Waals surface area contributed by atoms with Gasteiger partial charge in [-0.1, -0.05) is 13.8 Å². The van der Waals surface area contributed by atoms with Gasteiger partial charge < -0.3 is 15.7 Å². The first-order valence-electron chi connectivity index (χ1n) is 7.90. The molecule has 0 atom stereocenters. The number of carboxylic acid groups (broad SMARTS) is 1. The van der Waals surface area contributed by atoms with E-state index in [1.165, 1.54) is 4.90 Å². The summed E-state index contributed by atoms with van der Waals surface area (Å²) < 4.78 is 2.77. The van der Waals surface area contributed by atoms with Crippen LogP contribution in [0.2, 0.25) is 0 Å². The molecule has 3 rings (SSSR count). The Morgan fingerprint density at radius 1 is 1.38 bits per heavy atom. The fraction of sp³-hybridized carbons (Fsp3) is 0.533. The van der Waals surface area contributed by atoms with E-state index in [4.69, 9.17) is 10.8 Å². The standard InChI is InChI=1S/C15H21BrN6O2/c1-9(2)14-19-12(16)11-13(17)18-7-10(22(11)14)8-20-3-5-21(6-4-20)15(23)24/h7,9H,3-6,8H2,1-2H3,(H2,17,18)(H,23,24). The normalized spacial score (nSPS) is 16.2. The summed E-state index contributed by atoms with van der Waals surface area (Å²) in [5, 5.41) is 9.05. The van der Waals surface area contributed by atoms with Crippen LogP contribution in [-0.4, -0.2) is 61.5 Å². The van der Waals surface area contributed by atoms with Gasteiger partial charge in [0.1, 0.15) is 15.9 Å². The van der Waals surface area contributed by atoms with Crippen molar-refractivity contribution in [2.75, 3.05) is 31.9 Å². The molecule has 1 aliphatic heterocycles. The predicted molar refractivity (Wildman–Crippen MR) is 94.1 cm³/mol. The average molecular weight is 397 g/mol. The summed E-state index contributed by atoms with van der Waals surface area (Å²) in [6.07, 6.45) is 0.929. The van der Waals surface area contributed by atoms with Crippen LogP contribution in [0.5, 0.6) is 0 Å². The Labute approximate surface area is 148 Å². The quantitative estimate of drug-likeness (QED) is 0.822. The number of hydrogen-bond donors (Lipinski definition) is 2. The number of rotatable bonds is 3. The van der Waals surface area contributed by atoms with Gasteiger partial charge in [-0.2, -0.15) is 0 Å². The number of hydrogen-bond acceptors (Lipinski definition) is 5. The van der Waals surface area contributed by atoms with Crippen molar-refractivity contribution in [2.45, 2.75) is 26.3 Å². The van der Waals surface area contributed by atoms with Gasteiger partial charge >= 0.3 is 6.09 Å². The minimum Gasteiger partial charge on any atom is -0.465 e. The number of aromatic nitrogens is 3. The first-order chi connectivity index (χ1) is 11.4. The van der Waals surface area contributed by atoms with Gasteiger partial charge in [0, 0.05) is 38.6 Å². The van der Waals surface area contributed by atoms with Crippen LogP contribution in [0.1, 0.15) is 31.3 Å². The molecule has 0 radical (unpaired) electrons. The van der Waals surface area contributed by atoms with E-state index in [9.17, 15) is 4.79 Å². The molecular weight excluding hydrogens is 376 g/mol. The zero-order chi connectivity index (χ0) is 17.4. The van der Waals surface area contributed by atoms with E-state index >= 15 is 0 Å². The van der Waals surface area contributed by atoms with Crippen molar-refractivity contribution in [3.8, 4) is 0 Å². The first kappa shape index (κ1) is 17.0. The Kier molecular flexibility index (Phi) is 4.64. The van der Waals surface area contributed by atoms with Gasteiger partial charge in [0.05, 0.1) is 11.9 Å². The van der Waals surface area contributed by atoms with E-state index in [0.717, 1.165) is 17.0 Å². The molecule has 0 unspecified atom stereocenters. The van der Waals surface area contributed by atoms with Gasteiger partial charge in [-0.3, -0.25) is 9.30 Å². The summed E-state index contributed by atoms with van der Waals surface area (Å²) in [6.45, 7) is 7.30. The third kappa shape index (κ3) is 3.05. The zero-order valence-corrected chi connectivity index (χ0v) is 15.3. The molecule has 1 saturated heterocycles. The van der Waals surface area contributed by atoms with Crippen LogP contribution in [0, 0.1) is 0 Å². The van der Waals surface area contributed by atoms with Crippen molar-refractivity contribution >= 4 is 33.4 Å². The van der Waals surface area contributed by atoms with Crippen LogP contribution in [0.25, 0.3) is 5.52 Å². The Balaban J connectivity index is 1.90. The topological polar surface area (TPSA) is 100.0 Å². The summed E-state index contributed by atoms with van der Waals surface area (Å²) in [5.74, 6) is 1.62. The minimum absolute atomic E-state index is 0.244. The molecule has 1 fully saturated rings. The lowest BCUT2D eigenvalue weighted by molar-refractivity contribution is 0.102. The summed E-state index contributed by atoms with van der Waals surface area (Å²) in [4.78, 5) is 23.6. The van der Waals surface area contributed by atoms with Crippen LogP contribution in [0.4, 0.5) is 10.6 Å². The molecule has 9 heteroatoms. The number of anilines is 1. The fourth-order valence-electron chi connectivity index (χ4n) is 3.01. The third-order valence-corrected chi connectivity index (χ3v) is 4.84. The van der Waals surface area contributed by atoms with Gasteiger partial charge in [0.25, 0.3) is 0 Å². The molecule has 0 aromatic carbocycles. The monoisotopic (exact) mass is 396 g/mol. The van der Waals surface area contributed by atoms with E-state index in [1.807, 2.05) is 0 Å². The highest BCUT2D eigenvalue weighted by Gasteiger charge is 2.23. The highest BCUT2D eigenvalue weighted by Crippen LogP contribution is 2.28. The second kappa shape index (κ2) is 6.56. The van der Waals surface area contributed by atoms with Crippen molar-refractivity contribution in [1.82, 2.24) is 24.2 Å². The van der Waals surface area contributed by atoms with Crippen molar-refractivity contribution in [3.05, 3.63) is 22.3 Å². The average Bonchev–Trinajstić information content (AvgIpc) is 2.89. The van der Waals surface area contributed by atoms with E-state index in [1.54, 1.807) is 6.20 Å². The van der Waals surface area contributed by atoms with Gasteiger partial charge in [-0.15, -0.1) is 0 Å². The number of imidazole rings is 1. The fourth-order valence-corrected chi connectivity index (χ4v) is 3.57. The van der Waals surface area contributed by atoms with Gasteiger partial charge in [-0.25, -0.2) is 14.8 Å². The summed E-state index contributed by atoms with van der Waals surface area (Å²) >= 11 is 3.48. The molecule has 3 heterocycles. The number of piperazine rings is 1. The molecule has 1 amide bonds. The minimum atomic E-state index is -0.855. The molecule has 0 bridgehead atoms. The van der Waals surface area contributed by atoms with Gasteiger partial charge in [0.2, 0.25) is 0 Å². The van der Waals surface area contributed by atoms with E-state index < -0.39 is 6.09 Å². The Morgan fingerprint density at radius 3 is 2.62 bits per heavy atom. The van der Waals surface area contributed by atoms with Gasteiger partial charge in [-0.05, 0) is 15.9 Å². The maximum absolute atomic E-state index is 11.0. The summed E-state index contributed by atoms with van der Waals surface area (Å²) in [5.41, 5.74) is 7.83. The molecule has 24 heavy (non-hydrogen) atoms. The highest BCUT2D eigenvalue weighted by atomic mass is 79.9. The Bertz CT molecular complexity index is 767. The van der Waals surface area contributed by atoms with Crippen molar-refractivity contribution in [1.29, 1.82) is 0 Å². The second-order valence-corrected chi connectivity index (χ2v) is 7.03. The first-order valence-corrected chi connectivity index (χ1v) is 8.69. The largest absolute Gasteiger partial charge is 0.465 e. The number of carbonyl (C=O) groups is 1. The second-order valence-electron chi connectivity index (χ2n) is 6.28. The Hall–Kier alpha value is -1.87. The summed E-state index contributed by atoms with van der Waals surface area (Å²) in [6, 6.07) is 0. The molecule has 2 aromatic rings. The number of nitrogens with zero attached hydrogens (tertiary/aromatic N) is 5. The SMILES string of the molecule is CC(C)c1nc(Br)c2c(N)ncc(CN3CCN(C(=O)O)CC3)n12. The molecule has 130 valence electrons. The van der Waals surface area contributed by atoms with Crippen molar-refractivity contribution in [3.63, 3.8) is 0 Å². The number of nitrogen functional groups attached to an aromatic ring is 1. The maximum atomic E-state index is 11.0. The van der Waals surface area contributed by atoms with Gasteiger partial charge in [0.15, 0.2) is 5.82 Å². The predicted octanol–water partition coefficient (Wildman–Crippen LogP) is 1.99. The van der Waals surface area contributed by atoms with Crippen LogP contribution >= 0.6 is 15.9 Å². The molecule has 8 nitrogen and oxygen atoms in total. The molecule has 1 aliphatic rings. The van der Waals surface area contributed by atoms with Crippen LogP contribution in [0.15, 0.2) is 10.8 Å². The zero-order valence-electron chi connectivity index (χ0n) is 13.7. The van der Waals surface area contributed by atoms with Crippen molar-refractivity contribution < 1.29 is 9.90 Å². The maximum Gasteiger partial charge on any atom is 0.407 e. The number of halogens is 1. The number of amides is 1. The third-order valence-electron chi connectivity index (χ3n) is 4.29. The molecule has 0 aliphatic carbocycles.